The third-order valence-corrected chi connectivity index (χ3v) is 3.23. The number of likely N-dealkylation sites (N-methyl/N-ethyl adjacent to an activating group) is 1. The molecule has 0 aromatic carbocycles. The van der Waals surface area contributed by atoms with Gasteiger partial charge in [-0.05, 0) is 7.05 Å². The fourth-order valence-corrected chi connectivity index (χ4v) is 1.92. The van der Waals surface area contributed by atoms with Crippen LogP contribution in [0.25, 0.3) is 0 Å². The molecule has 5 atom stereocenters. The van der Waals surface area contributed by atoms with Crippen molar-refractivity contribution in [1.82, 2.24) is 5.32 Å². The molecule has 1 heterocycles. The second-order valence-electron chi connectivity index (χ2n) is 4.90. The highest BCUT2D eigenvalue weighted by atomic mass is 16.7. The van der Waals surface area contributed by atoms with E-state index in [0.717, 1.165) is 6.54 Å². The maximum atomic E-state index is 9.74. The van der Waals surface area contributed by atoms with E-state index in [1.54, 1.807) is 0 Å². The van der Waals surface area contributed by atoms with Crippen molar-refractivity contribution in [3.63, 3.8) is 0 Å². The first-order valence-electron chi connectivity index (χ1n) is 7.34. The Hall–Kier alpha value is -0.360. The van der Waals surface area contributed by atoms with Crippen molar-refractivity contribution in [1.29, 1.82) is 0 Å². The van der Waals surface area contributed by atoms with Crippen LogP contribution in [0.2, 0.25) is 0 Å². The number of ether oxygens (including phenoxy) is 4. The number of rotatable bonds is 11. The number of aliphatic hydroxyl groups excluding tert-OH is 4. The normalized spacial score (nSPS) is 32.3. The van der Waals surface area contributed by atoms with E-state index in [-0.39, 0.29) is 13.2 Å². The van der Waals surface area contributed by atoms with E-state index in [2.05, 4.69) is 5.32 Å². The molecule has 5 unspecified atom stereocenters. The van der Waals surface area contributed by atoms with Crippen molar-refractivity contribution in [2.45, 2.75) is 30.7 Å². The molecular weight excluding hydrogens is 298 g/mol. The first-order chi connectivity index (χ1) is 10.6. The molecule has 132 valence electrons. The van der Waals surface area contributed by atoms with Gasteiger partial charge in [-0.25, -0.2) is 0 Å². The smallest absolute Gasteiger partial charge is 0.186 e. The predicted molar refractivity (Wildman–Crippen MR) is 75.3 cm³/mol. The standard InChI is InChI=1S/C13H27NO8/c1-14-2-3-19-4-5-20-6-7-21-13-12(18)11(17)10(16)9(8-15)22-13/h9-18H,2-8H2,1H3. The SMILES string of the molecule is CNCCOCCOCCOC1OC(CO)C(O)C(O)C1O. The molecule has 1 rings (SSSR count). The Kier molecular flexibility index (Phi) is 10.0. The lowest BCUT2D eigenvalue weighted by atomic mass is 9.99. The molecule has 1 aliphatic heterocycles. The summed E-state index contributed by atoms with van der Waals surface area (Å²) in [6.45, 7) is 2.21. The summed E-state index contributed by atoms with van der Waals surface area (Å²) in [5.41, 5.74) is 0. The molecule has 0 spiro atoms. The van der Waals surface area contributed by atoms with Crippen molar-refractivity contribution in [2.75, 3.05) is 53.2 Å². The quantitative estimate of drug-likeness (QED) is 0.253. The molecule has 0 saturated carbocycles. The Morgan fingerprint density at radius 2 is 1.55 bits per heavy atom. The van der Waals surface area contributed by atoms with E-state index in [4.69, 9.17) is 24.1 Å². The Morgan fingerprint density at radius 3 is 2.18 bits per heavy atom. The van der Waals surface area contributed by atoms with Gasteiger partial charge in [0.05, 0.1) is 39.6 Å². The monoisotopic (exact) mass is 325 g/mol. The summed E-state index contributed by atoms with van der Waals surface area (Å²) >= 11 is 0. The zero-order chi connectivity index (χ0) is 16.4. The Bertz CT molecular complexity index is 281. The van der Waals surface area contributed by atoms with Gasteiger partial charge in [0, 0.05) is 6.54 Å². The topological polar surface area (TPSA) is 130 Å². The molecule has 1 fully saturated rings. The van der Waals surface area contributed by atoms with Gasteiger partial charge in [0.2, 0.25) is 0 Å². The van der Waals surface area contributed by atoms with Crippen LogP contribution >= 0.6 is 0 Å². The van der Waals surface area contributed by atoms with Crippen LogP contribution in [0.15, 0.2) is 0 Å². The zero-order valence-corrected chi connectivity index (χ0v) is 12.8. The molecule has 0 aliphatic carbocycles. The predicted octanol–water partition coefficient (Wildman–Crippen LogP) is -2.94. The van der Waals surface area contributed by atoms with Crippen molar-refractivity contribution in [2.24, 2.45) is 0 Å². The maximum Gasteiger partial charge on any atom is 0.186 e. The van der Waals surface area contributed by atoms with E-state index >= 15 is 0 Å². The van der Waals surface area contributed by atoms with Gasteiger partial charge >= 0.3 is 0 Å². The van der Waals surface area contributed by atoms with Gasteiger partial charge in [-0.15, -0.1) is 0 Å². The highest BCUT2D eigenvalue weighted by Gasteiger charge is 2.43. The molecular formula is C13H27NO8. The Morgan fingerprint density at radius 1 is 0.909 bits per heavy atom. The minimum atomic E-state index is -1.43. The van der Waals surface area contributed by atoms with Gasteiger partial charge in [0.1, 0.15) is 24.4 Å². The first-order valence-corrected chi connectivity index (χ1v) is 7.34. The lowest BCUT2D eigenvalue weighted by Crippen LogP contribution is -2.59. The first kappa shape index (κ1) is 19.7. The van der Waals surface area contributed by atoms with Crippen molar-refractivity contribution in [3.8, 4) is 0 Å². The highest BCUT2D eigenvalue weighted by molar-refractivity contribution is 4.88. The maximum absolute atomic E-state index is 9.74. The molecule has 22 heavy (non-hydrogen) atoms. The van der Waals surface area contributed by atoms with E-state index in [0.29, 0.717) is 19.8 Å². The third kappa shape index (κ3) is 6.41. The van der Waals surface area contributed by atoms with Crippen LogP contribution in [0.1, 0.15) is 0 Å². The van der Waals surface area contributed by atoms with Gasteiger partial charge in [0.25, 0.3) is 0 Å². The summed E-state index contributed by atoms with van der Waals surface area (Å²) < 4.78 is 21.0. The van der Waals surface area contributed by atoms with Crippen molar-refractivity contribution >= 4 is 0 Å². The fourth-order valence-electron chi connectivity index (χ4n) is 1.92. The van der Waals surface area contributed by atoms with E-state index in [1.165, 1.54) is 0 Å². The Labute approximate surface area is 129 Å². The van der Waals surface area contributed by atoms with Gasteiger partial charge < -0.3 is 44.7 Å². The summed E-state index contributed by atoms with van der Waals surface area (Å²) in [4.78, 5) is 0. The van der Waals surface area contributed by atoms with Gasteiger partial charge in [0.15, 0.2) is 6.29 Å². The van der Waals surface area contributed by atoms with E-state index < -0.39 is 37.3 Å². The van der Waals surface area contributed by atoms with Gasteiger partial charge in [-0.3, -0.25) is 0 Å². The van der Waals surface area contributed by atoms with Crippen LogP contribution in [0.3, 0.4) is 0 Å². The average molecular weight is 325 g/mol. The van der Waals surface area contributed by atoms with Crippen LogP contribution in [0, 0.1) is 0 Å². The molecule has 9 heteroatoms. The van der Waals surface area contributed by atoms with Crippen LogP contribution in [0.5, 0.6) is 0 Å². The number of nitrogens with one attached hydrogen (secondary N) is 1. The molecule has 5 N–H and O–H groups in total. The molecule has 9 nitrogen and oxygen atoms in total. The lowest BCUT2D eigenvalue weighted by molar-refractivity contribution is -0.302. The Balaban J connectivity index is 2.11. The van der Waals surface area contributed by atoms with Crippen molar-refractivity contribution in [3.05, 3.63) is 0 Å². The minimum Gasteiger partial charge on any atom is -0.394 e. The molecule has 0 amide bonds. The molecule has 1 aliphatic rings. The van der Waals surface area contributed by atoms with Gasteiger partial charge in [-0.2, -0.15) is 0 Å². The highest BCUT2D eigenvalue weighted by Crippen LogP contribution is 2.21. The van der Waals surface area contributed by atoms with Crippen LogP contribution in [0.4, 0.5) is 0 Å². The number of hydrogen-bond acceptors (Lipinski definition) is 9. The summed E-state index contributed by atoms with van der Waals surface area (Å²) in [6.07, 6.45) is -6.29. The molecule has 0 aromatic rings. The summed E-state index contributed by atoms with van der Waals surface area (Å²) in [6, 6.07) is 0. The number of aliphatic hydroxyl groups is 4. The molecule has 0 bridgehead atoms. The van der Waals surface area contributed by atoms with Crippen LogP contribution in [-0.4, -0.2) is 104 Å². The second-order valence-corrected chi connectivity index (χ2v) is 4.90. The van der Waals surface area contributed by atoms with Crippen molar-refractivity contribution < 1.29 is 39.4 Å². The molecule has 0 aromatic heterocycles. The van der Waals surface area contributed by atoms with E-state index in [1.807, 2.05) is 7.05 Å². The summed E-state index contributed by atoms with van der Waals surface area (Å²) in [7, 11) is 1.84. The van der Waals surface area contributed by atoms with Crippen LogP contribution < -0.4 is 5.32 Å². The molecule has 1 saturated heterocycles. The van der Waals surface area contributed by atoms with Crippen LogP contribution in [-0.2, 0) is 18.9 Å². The van der Waals surface area contributed by atoms with Gasteiger partial charge in [-0.1, -0.05) is 0 Å². The minimum absolute atomic E-state index is 0.138. The summed E-state index contributed by atoms with van der Waals surface area (Å²) in [5, 5.41) is 40.9. The third-order valence-electron chi connectivity index (χ3n) is 3.23. The lowest BCUT2D eigenvalue weighted by Gasteiger charge is -2.39. The fraction of sp³-hybridized carbons (Fsp3) is 1.00. The largest absolute Gasteiger partial charge is 0.394 e. The average Bonchev–Trinajstić information content (AvgIpc) is 2.53. The number of hydrogen-bond donors (Lipinski definition) is 5. The zero-order valence-electron chi connectivity index (χ0n) is 12.8. The summed E-state index contributed by atoms with van der Waals surface area (Å²) in [5.74, 6) is 0. The van der Waals surface area contributed by atoms with E-state index in [9.17, 15) is 15.3 Å². The molecule has 0 radical (unpaired) electrons. The second kappa shape index (κ2) is 11.2.